The van der Waals surface area contributed by atoms with Crippen LogP contribution in [0.15, 0.2) is 4.79 Å². The van der Waals surface area contributed by atoms with E-state index in [1.807, 2.05) is 11.7 Å². The van der Waals surface area contributed by atoms with Crippen LogP contribution in [0.4, 0.5) is 0 Å². The van der Waals surface area contributed by atoms with Crippen molar-refractivity contribution in [3.63, 3.8) is 0 Å². The van der Waals surface area contributed by atoms with E-state index in [1.54, 1.807) is 0 Å². The maximum absolute atomic E-state index is 12.2. The van der Waals surface area contributed by atoms with Gasteiger partial charge in [0, 0.05) is 18.0 Å². The first kappa shape index (κ1) is 12.1. The van der Waals surface area contributed by atoms with Crippen molar-refractivity contribution >= 4 is 11.0 Å². The molecule has 2 N–H and O–H groups in total. The lowest BCUT2D eigenvalue weighted by Gasteiger charge is -2.17. The number of nitrogens with one attached hydrogen (secondary N) is 2. The summed E-state index contributed by atoms with van der Waals surface area (Å²) in [7, 11) is 1.92. The fourth-order valence-electron chi connectivity index (χ4n) is 3.76. The smallest absolute Gasteiger partial charge is 0.253 e. The van der Waals surface area contributed by atoms with Crippen LogP contribution in [-0.2, 0) is 19.9 Å². The molecule has 3 heterocycles. The highest BCUT2D eigenvalue weighted by Crippen LogP contribution is 2.33. The Bertz CT molecular complexity index is 722. The van der Waals surface area contributed by atoms with E-state index >= 15 is 0 Å². The molecule has 1 fully saturated rings. The Kier molecular flexibility index (Phi) is 2.70. The normalized spacial score (nSPS) is 22.4. The quantitative estimate of drug-likeness (QED) is 0.828. The molecule has 1 atom stereocenters. The summed E-state index contributed by atoms with van der Waals surface area (Å²) in [5, 5.41) is 9.45. The number of aromatic nitrogens is 3. The summed E-state index contributed by atoms with van der Waals surface area (Å²) < 4.78 is 1.83. The Balaban J connectivity index is 2.03. The minimum atomic E-state index is 0.0844. The van der Waals surface area contributed by atoms with Gasteiger partial charge in [0.2, 0.25) is 0 Å². The van der Waals surface area contributed by atoms with Crippen molar-refractivity contribution in [1.29, 1.82) is 0 Å². The molecule has 106 valence electrons. The SMILES string of the molecule is Cn1nc([C@@H]2CCCN2)c2c3c(c(=O)[nH]c21)CCCC3. The molecule has 1 aliphatic carbocycles. The van der Waals surface area contributed by atoms with Crippen LogP contribution in [0, 0.1) is 0 Å². The number of rotatable bonds is 1. The first-order chi connectivity index (χ1) is 9.75. The number of hydrogen-bond donors (Lipinski definition) is 2. The summed E-state index contributed by atoms with van der Waals surface area (Å²) in [5.41, 5.74) is 4.36. The van der Waals surface area contributed by atoms with E-state index in [4.69, 9.17) is 5.10 Å². The number of hydrogen-bond acceptors (Lipinski definition) is 3. The topological polar surface area (TPSA) is 62.7 Å². The zero-order valence-electron chi connectivity index (χ0n) is 11.8. The zero-order chi connectivity index (χ0) is 13.7. The molecule has 2 aromatic heterocycles. The predicted molar refractivity (Wildman–Crippen MR) is 78.0 cm³/mol. The van der Waals surface area contributed by atoms with Crippen LogP contribution in [0.2, 0.25) is 0 Å². The van der Waals surface area contributed by atoms with Crippen LogP contribution in [0.5, 0.6) is 0 Å². The highest BCUT2D eigenvalue weighted by atomic mass is 16.1. The summed E-state index contributed by atoms with van der Waals surface area (Å²) in [4.78, 5) is 15.3. The minimum absolute atomic E-state index is 0.0844. The van der Waals surface area contributed by atoms with Crippen molar-refractivity contribution in [2.24, 2.45) is 7.05 Å². The summed E-state index contributed by atoms with van der Waals surface area (Å²) in [5.74, 6) is 0. The van der Waals surface area contributed by atoms with Gasteiger partial charge in [-0.25, -0.2) is 0 Å². The van der Waals surface area contributed by atoms with Gasteiger partial charge in [-0.15, -0.1) is 0 Å². The maximum atomic E-state index is 12.2. The molecule has 0 amide bonds. The number of aryl methyl sites for hydroxylation is 2. The van der Waals surface area contributed by atoms with Gasteiger partial charge in [-0.05, 0) is 50.6 Å². The standard InChI is InChI=1S/C15H20N4O/c1-19-14-12(13(18-19)11-7-4-8-16-11)9-5-2-3-6-10(9)15(20)17-14/h11,16H,2-8H2,1H3,(H,17,20)/t11-/m0/s1. The van der Waals surface area contributed by atoms with E-state index in [0.717, 1.165) is 49.1 Å². The third-order valence-corrected chi connectivity index (χ3v) is 4.74. The van der Waals surface area contributed by atoms with Gasteiger partial charge in [-0.2, -0.15) is 5.10 Å². The molecule has 0 radical (unpaired) electrons. The summed E-state index contributed by atoms with van der Waals surface area (Å²) >= 11 is 0. The van der Waals surface area contributed by atoms with Crippen LogP contribution in [0.3, 0.4) is 0 Å². The van der Waals surface area contributed by atoms with Crippen LogP contribution in [0.1, 0.15) is 48.5 Å². The molecule has 0 bridgehead atoms. The molecule has 4 rings (SSSR count). The van der Waals surface area contributed by atoms with E-state index in [-0.39, 0.29) is 5.56 Å². The lowest BCUT2D eigenvalue weighted by molar-refractivity contribution is 0.610. The van der Waals surface area contributed by atoms with Crippen molar-refractivity contribution in [2.75, 3.05) is 6.54 Å². The van der Waals surface area contributed by atoms with E-state index < -0.39 is 0 Å². The number of fused-ring (bicyclic) bond motifs is 3. The Morgan fingerprint density at radius 2 is 2.00 bits per heavy atom. The Hall–Kier alpha value is -1.62. The van der Waals surface area contributed by atoms with Crippen molar-refractivity contribution in [3.05, 3.63) is 27.2 Å². The summed E-state index contributed by atoms with van der Waals surface area (Å²) in [6, 6.07) is 0.343. The summed E-state index contributed by atoms with van der Waals surface area (Å²) in [6.07, 6.45) is 6.57. The van der Waals surface area contributed by atoms with Crippen molar-refractivity contribution < 1.29 is 0 Å². The molecule has 0 aromatic carbocycles. The van der Waals surface area contributed by atoms with Gasteiger partial charge in [0.25, 0.3) is 5.56 Å². The molecular formula is C15H20N4O. The van der Waals surface area contributed by atoms with Crippen LogP contribution in [-0.4, -0.2) is 21.3 Å². The minimum Gasteiger partial charge on any atom is -0.309 e. The van der Waals surface area contributed by atoms with Gasteiger partial charge in [0.15, 0.2) is 0 Å². The van der Waals surface area contributed by atoms with E-state index in [1.165, 1.54) is 23.8 Å². The molecule has 0 spiro atoms. The largest absolute Gasteiger partial charge is 0.309 e. The molecule has 1 saturated heterocycles. The molecule has 5 nitrogen and oxygen atoms in total. The average Bonchev–Trinajstić information content (AvgIpc) is 3.08. The summed E-state index contributed by atoms with van der Waals surface area (Å²) in [6.45, 7) is 1.06. The Morgan fingerprint density at radius 1 is 1.20 bits per heavy atom. The molecule has 1 aliphatic heterocycles. The van der Waals surface area contributed by atoms with Gasteiger partial charge < -0.3 is 10.3 Å². The molecule has 5 heteroatoms. The second-order valence-electron chi connectivity index (χ2n) is 6.00. The van der Waals surface area contributed by atoms with Crippen molar-refractivity contribution in [1.82, 2.24) is 20.1 Å². The Morgan fingerprint density at radius 3 is 2.75 bits per heavy atom. The lowest BCUT2D eigenvalue weighted by atomic mass is 9.89. The first-order valence-electron chi connectivity index (χ1n) is 7.59. The van der Waals surface area contributed by atoms with E-state index in [9.17, 15) is 4.79 Å². The van der Waals surface area contributed by atoms with Crippen LogP contribution in [0.25, 0.3) is 11.0 Å². The Labute approximate surface area is 117 Å². The van der Waals surface area contributed by atoms with E-state index in [2.05, 4.69) is 10.3 Å². The number of nitrogens with zero attached hydrogens (tertiary/aromatic N) is 2. The second-order valence-corrected chi connectivity index (χ2v) is 6.00. The van der Waals surface area contributed by atoms with Gasteiger partial charge >= 0.3 is 0 Å². The van der Waals surface area contributed by atoms with Gasteiger partial charge in [-0.1, -0.05) is 0 Å². The third kappa shape index (κ3) is 1.66. The number of H-pyrrole nitrogens is 1. The third-order valence-electron chi connectivity index (χ3n) is 4.74. The second kappa shape index (κ2) is 4.45. The zero-order valence-corrected chi connectivity index (χ0v) is 11.8. The first-order valence-corrected chi connectivity index (χ1v) is 7.59. The molecular weight excluding hydrogens is 252 g/mol. The monoisotopic (exact) mass is 272 g/mol. The van der Waals surface area contributed by atoms with E-state index in [0.29, 0.717) is 6.04 Å². The maximum Gasteiger partial charge on any atom is 0.253 e. The molecule has 2 aliphatic rings. The molecule has 0 unspecified atom stereocenters. The van der Waals surface area contributed by atoms with Gasteiger partial charge in [0.1, 0.15) is 5.65 Å². The van der Waals surface area contributed by atoms with Crippen LogP contribution >= 0.6 is 0 Å². The number of pyridine rings is 1. The van der Waals surface area contributed by atoms with Crippen molar-refractivity contribution in [3.8, 4) is 0 Å². The molecule has 2 aromatic rings. The highest BCUT2D eigenvalue weighted by molar-refractivity contribution is 5.84. The van der Waals surface area contributed by atoms with Crippen molar-refractivity contribution in [2.45, 2.75) is 44.6 Å². The molecule has 20 heavy (non-hydrogen) atoms. The average molecular weight is 272 g/mol. The fourth-order valence-corrected chi connectivity index (χ4v) is 3.76. The number of aromatic amines is 1. The predicted octanol–water partition coefficient (Wildman–Crippen LogP) is 1.56. The van der Waals surface area contributed by atoms with Crippen LogP contribution < -0.4 is 10.9 Å². The fraction of sp³-hybridized carbons (Fsp3) is 0.600. The lowest BCUT2D eigenvalue weighted by Crippen LogP contribution is -2.20. The van der Waals surface area contributed by atoms with Gasteiger partial charge in [0.05, 0.1) is 11.7 Å². The van der Waals surface area contributed by atoms with Gasteiger partial charge in [-0.3, -0.25) is 9.48 Å². The highest BCUT2D eigenvalue weighted by Gasteiger charge is 2.27. The molecule has 0 saturated carbocycles.